The highest BCUT2D eigenvalue weighted by molar-refractivity contribution is 7.09. The van der Waals surface area contributed by atoms with Gasteiger partial charge in [0.05, 0.1) is 5.01 Å². The van der Waals surface area contributed by atoms with E-state index >= 15 is 0 Å². The summed E-state index contributed by atoms with van der Waals surface area (Å²) < 4.78 is 0. The lowest BCUT2D eigenvalue weighted by atomic mass is 10.2. The highest BCUT2D eigenvalue weighted by atomic mass is 32.1. The third-order valence-electron chi connectivity index (χ3n) is 3.75. The monoisotopic (exact) mass is 236 g/mol. The molecule has 2 aliphatic rings. The molecule has 1 amide bonds. The van der Waals surface area contributed by atoms with Crippen molar-refractivity contribution in [3.63, 3.8) is 0 Å². The molecule has 4 heteroatoms. The molecule has 16 heavy (non-hydrogen) atoms. The van der Waals surface area contributed by atoms with Crippen LogP contribution in [-0.4, -0.2) is 17.4 Å². The number of nitrogens with one attached hydrogen (secondary N) is 1. The van der Waals surface area contributed by atoms with Gasteiger partial charge in [0.1, 0.15) is 0 Å². The maximum absolute atomic E-state index is 11.7. The number of rotatable bonds is 5. The number of hydrogen-bond donors (Lipinski definition) is 1. The summed E-state index contributed by atoms with van der Waals surface area (Å²) in [4.78, 5) is 15.9. The molecular weight excluding hydrogens is 220 g/mol. The Morgan fingerprint density at radius 1 is 1.62 bits per heavy atom. The van der Waals surface area contributed by atoms with Gasteiger partial charge in [-0.15, -0.1) is 11.3 Å². The molecule has 3 nitrogen and oxygen atoms in total. The van der Waals surface area contributed by atoms with E-state index in [0.717, 1.165) is 25.8 Å². The van der Waals surface area contributed by atoms with Crippen LogP contribution < -0.4 is 5.32 Å². The molecule has 1 heterocycles. The minimum Gasteiger partial charge on any atom is -0.356 e. The number of hydrogen-bond acceptors (Lipinski definition) is 3. The maximum Gasteiger partial charge on any atom is 0.223 e. The summed E-state index contributed by atoms with van der Waals surface area (Å²) in [6, 6.07) is 0. The van der Waals surface area contributed by atoms with Crippen molar-refractivity contribution in [3.05, 3.63) is 16.6 Å². The van der Waals surface area contributed by atoms with Crippen LogP contribution in [0.4, 0.5) is 0 Å². The zero-order valence-corrected chi connectivity index (χ0v) is 10.1. The van der Waals surface area contributed by atoms with Crippen LogP contribution in [0.2, 0.25) is 0 Å². The van der Waals surface area contributed by atoms with Crippen molar-refractivity contribution >= 4 is 17.2 Å². The van der Waals surface area contributed by atoms with Gasteiger partial charge in [0.2, 0.25) is 5.91 Å². The minimum atomic E-state index is 0.289. The molecule has 2 aliphatic carbocycles. The van der Waals surface area contributed by atoms with E-state index in [1.54, 1.807) is 11.3 Å². The van der Waals surface area contributed by atoms with Crippen LogP contribution in [0.1, 0.15) is 30.7 Å². The van der Waals surface area contributed by atoms with Crippen molar-refractivity contribution in [3.8, 4) is 0 Å². The second-order valence-electron chi connectivity index (χ2n) is 4.94. The lowest BCUT2D eigenvalue weighted by molar-refractivity contribution is -0.122. The fraction of sp³-hybridized carbons (Fsp3) is 0.667. The highest BCUT2D eigenvalue weighted by Crippen LogP contribution is 2.70. The van der Waals surface area contributed by atoms with Gasteiger partial charge in [-0.25, -0.2) is 4.98 Å². The number of aromatic nitrogens is 1. The number of carbonyl (C=O) groups excluding carboxylic acids is 1. The quantitative estimate of drug-likeness (QED) is 0.794. The normalized spacial score (nSPS) is 24.4. The van der Waals surface area contributed by atoms with Crippen LogP contribution >= 0.6 is 11.3 Å². The number of nitrogens with zero attached hydrogens (tertiary/aromatic N) is 1. The summed E-state index contributed by atoms with van der Waals surface area (Å²) in [5.41, 5.74) is 0.486. The first-order valence-electron chi connectivity index (χ1n) is 5.96. The molecular formula is C12H16N2OS. The molecule has 1 aromatic heterocycles. The smallest absolute Gasteiger partial charge is 0.223 e. The molecule has 2 saturated carbocycles. The molecule has 0 aliphatic heterocycles. The average molecular weight is 236 g/mol. The Morgan fingerprint density at radius 3 is 3.12 bits per heavy atom. The van der Waals surface area contributed by atoms with E-state index in [1.165, 1.54) is 17.8 Å². The first-order valence-corrected chi connectivity index (χ1v) is 6.84. The summed E-state index contributed by atoms with van der Waals surface area (Å²) in [6.45, 7) is 0.797. The van der Waals surface area contributed by atoms with Crippen molar-refractivity contribution in [2.75, 3.05) is 6.54 Å². The van der Waals surface area contributed by atoms with Gasteiger partial charge in [0.25, 0.3) is 0 Å². The van der Waals surface area contributed by atoms with Crippen LogP contribution in [-0.2, 0) is 11.2 Å². The molecule has 86 valence electrons. The fourth-order valence-electron chi connectivity index (χ4n) is 2.38. The predicted octanol–water partition coefficient (Wildman–Crippen LogP) is 1.99. The molecule has 0 unspecified atom stereocenters. The van der Waals surface area contributed by atoms with Crippen LogP contribution in [0, 0.1) is 11.3 Å². The molecule has 0 saturated heterocycles. The van der Waals surface area contributed by atoms with E-state index in [-0.39, 0.29) is 5.91 Å². The van der Waals surface area contributed by atoms with E-state index in [0.29, 0.717) is 11.3 Å². The first kappa shape index (κ1) is 10.3. The Morgan fingerprint density at radius 2 is 2.50 bits per heavy atom. The molecule has 0 aromatic carbocycles. The van der Waals surface area contributed by atoms with Gasteiger partial charge in [0, 0.05) is 30.5 Å². The van der Waals surface area contributed by atoms with E-state index in [2.05, 4.69) is 10.3 Å². The molecule has 3 rings (SSSR count). The third kappa shape index (κ3) is 1.98. The molecule has 2 fully saturated rings. The largest absolute Gasteiger partial charge is 0.356 e. The Bertz CT molecular complexity index is 384. The second-order valence-corrected chi connectivity index (χ2v) is 5.92. The van der Waals surface area contributed by atoms with Gasteiger partial charge in [-0.3, -0.25) is 4.79 Å². The van der Waals surface area contributed by atoms with Gasteiger partial charge < -0.3 is 5.32 Å². The molecule has 1 spiro atoms. The summed E-state index contributed by atoms with van der Waals surface area (Å²) in [7, 11) is 0. The fourth-order valence-corrected chi connectivity index (χ4v) is 3.05. The number of thiazole rings is 1. The molecule has 1 atom stereocenters. The Hall–Kier alpha value is -0.900. The van der Waals surface area contributed by atoms with Gasteiger partial charge in [-0.05, 0) is 31.1 Å². The van der Waals surface area contributed by atoms with Gasteiger partial charge in [-0.1, -0.05) is 0 Å². The predicted molar refractivity (Wildman–Crippen MR) is 63.2 cm³/mol. The van der Waals surface area contributed by atoms with Gasteiger partial charge >= 0.3 is 0 Å². The highest BCUT2D eigenvalue weighted by Gasteiger charge is 2.65. The van der Waals surface area contributed by atoms with E-state index in [4.69, 9.17) is 0 Å². The first-order chi connectivity index (χ1) is 7.80. The summed E-state index contributed by atoms with van der Waals surface area (Å²) in [5.74, 6) is 0.643. The zero-order chi connectivity index (χ0) is 11.0. The molecule has 1 N–H and O–H groups in total. The standard InChI is InChI=1S/C12H16N2OS/c15-11(9-8-12(9)3-4-12)14-5-1-2-10-13-6-7-16-10/h6-7,9H,1-5,8H2,(H,14,15)/t9-/m1/s1. The van der Waals surface area contributed by atoms with Crippen LogP contribution in [0.15, 0.2) is 11.6 Å². The van der Waals surface area contributed by atoms with Gasteiger partial charge in [0.15, 0.2) is 0 Å². The van der Waals surface area contributed by atoms with Gasteiger partial charge in [-0.2, -0.15) is 0 Å². The van der Waals surface area contributed by atoms with Crippen molar-refractivity contribution in [2.24, 2.45) is 11.3 Å². The molecule has 0 radical (unpaired) electrons. The minimum absolute atomic E-state index is 0.289. The SMILES string of the molecule is O=C(NCCCc1nccs1)[C@H]1CC12CC2. The van der Waals surface area contributed by atoms with Crippen molar-refractivity contribution in [2.45, 2.75) is 32.1 Å². The van der Waals surface area contributed by atoms with E-state index in [9.17, 15) is 4.79 Å². The lowest BCUT2D eigenvalue weighted by Crippen LogP contribution is -2.27. The second kappa shape index (κ2) is 3.84. The van der Waals surface area contributed by atoms with Crippen molar-refractivity contribution < 1.29 is 4.79 Å². The Labute approximate surface area is 99.3 Å². The zero-order valence-electron chi connectivity index (χ0n) is 9.24. The van der Waals surface area contributed by atoms with E-state index in [1.807, 2.05) is 11.6 Å². The molecule has 1 aromatic rings. The average Bonchev–Trinajstić information content (AvgIpc) is 3.17. The Balaban J connectivity index is 1.33. The number of aryl methyl sites for hydroxylation is 1. The van der Waals surface area contributed by atoms with Crippen molar-refractivity contribution in [1.82, 2.24) is 10.3 Å². The summed E-state index contributed by atoms with van der Waals surface area (Å²) in [6.07, 6.45) is 7.52. The number of carbonyl (C=O) groups is 1. The van der Waals surface area contributed by atoms with E-state index < -0.39 is 0 Å². The maximum atomic E-state index is 11.7. The third-order valence-corrected chi connectivity index (χ3v) is 4.59. The molecule has 0 bridgehead atoms. The van der Waals surface area contributed by atoms with Crippen molar-refractivity contribution in [1.29, 1.82) is 0 Å². The van der Waals surface area contributed by atoms with Crippen LogP contribution in [0.3, 0.4) is 0 Å². The summed E-state index contributed by atoms with van der Waals surface area (Å²) in [5, 5.41) is 6.20. The van der Waals surface area contributed by atoms with Crippen LogP contribution in [0.5, 0.6) is 0 Å². The lowest BCUT2D eigenvalue weighted by Gasteiger charge is -2.03. The topological polar surface area (TPSA) is 42.0 Å². The summed E-state index contributed by atoms with van der Waals surface area (Å²) >= 11 is 1.69. The number of amides is 1. The Kier molecular flexibility index (Phi) is 2.46. The van der Waals surface area contributed by atoms with Crippen LogP contribution in [0.25, 0.3) is 0 Å².